The van der Waals surface area contributed by atoms with E-state index < -0.39 is 0 Å². The lowest BCUT2D eigenvalue weighted by Gasteiger charge is -2.05. The van der Waals surface area contributed by atoms with Crippen molar-refractivity contribution >= 4 is 0 Å². The highest BCUT2D eigenvalue weighted by Gasteiger charge is 1.95. The van der Waals surface area contributed by atoms with E-state index in [4.69, 9.17) is 5.11 Å². The third kappa shape index (κ3) is 4.94. The maximum absolute atomic E-state index is 9.02. The van der Waals surface area contributed by atoms with Crippen LogP contribution < -0.4 is 5.32 Å². The van der Waals surface area contributed by atoms with Crippen molar-refractivity contribution in [3.8, 4) is 0 Å². The normalized spacial score (nSPS) is 12.7. The summed E-state index contributed by atoms with van der Waals surface area (Å²) >= 11 is 0. The van der Waals surface area contributed by atoms with Crippen molar-refractivity contribution in [3.63, 3.8) is 0 Å². The number of hydrogen-bond donors (Lipinski definition) is 2. The highest BCUT2D eigenvalue weighted by Crippen LogP contribution is 1.93. The lowest BCUT2D eigenvalue weighted by atomic mass is 10.2. The van der Waals surface area contributed by atoms with E-state index in [-0.39, 0.29) is 6.10 Å². The molecule has 0 aliphatic carbocycles. The van der Waals surface area contributed by atoms with Gasteiger partial charge in [0.1, 0.15) is 0 Å². The zero-order valence-electron chi connectivity index (χ0n) is 8.61. The molecule has 0 aromatic carbocycles. The standard InChI is InChI=1S/C11H18N2O/c1-10(14)5-8-12-9-6-11-4-2-3-7-13-11/h2-4,7,10,12,14H,5-6,8-9H2,1H3. The summed E-state index contributed by atoms with van der Waals surface area (Å²) < 4.78 is 0. The molecule has 2 N–H and O–H groups in total. The molecule has 3 nitrogen and oxygen atoms in total. The van der Waals surface area contributed by atoms with Crippen LogP contribution in [-0.2, 0) is 6.42 Å². The van der Waals surface area contributed by atoms with E-state index >= 15 is 0 Å². The van der Waals surface area contributed by atoms with Crippen LogP contribution in [0, 0.1) is 0 Å². The number of rotatable bonds is 6. The Morgan fingerprint density at radius 1 is 1.43 bits per heavy atom. The van der Waals surface area contributed by atoms with Crippen molar-refractivity contribution in [3.05, 3.63) is 30.1 Å². The molecule has 0 aliphatic rings. The zero-order valence-corrected chi connectivity index (χ0v) is 8.61. The quantitative estimate of drug-likeness (QED) is 0.664. The lowest BCUT2D eigenvalue weighted by Crippen LogP contribution is -2.21. The van der Waals surface area contributed by atoms with Crippen molar-refractivity contribution in [2.45, 2.75) is 25.9 Å². The topological polar surface area (TPSA) is 45.1 Å². The molecule has 1 atom stereocenters. The van der Waals surface area contributed by atoms with Crippen LogP contribution in [0.3, 0.4) is 0 Å². The predicted molar refractivity (Wildman–Crippen MR) is 57.1 cm³/mol. The number of aliphatic hydroxyl groups excluding tert-OH is 1. The van der Waals surface area contributed by atoms with Gasteiger partial charge >= 0.3 is 0 Å². The Kier molecular flexibility index (Phi) is 5.19. The van der Waals surface area contributed by atoms with Gasteiger partial charge in [0.05, 0.1) is 6.10 Å². The fourth-order valence-electron chi connectivity index (χ4n) is 1.20. The van der Waals surface area contributed by atoms with Crippen LogP contribution in [-0.4, -0.2) is 29.3 Å². The number of aromatic nitrogens is 1. The highest BCUT2D eigenvalue weighted by molar-refractivity contribution is 5.03. The van der Waals surface area contributed by atoms with Gasteiger partial charge in [-0.15, -0.1) is 0 Å². The van der Waals surface area contributed by atoms with Crippen LogP contribution in [0.2, 0.25) is 0 Å². The van der Waals surface area contributed by atoms with Gasteiger partial charge in [-0.3, -0.25) is 4.98 Å². The van der Waals surface area contributed by atoms with Gasteiger partial charge in [0.2, 0.25) is 0 Å². The summed E-state index contributed by atoms with van der Waals surface area (Å²) in [6.07, 6.45) is 3.35. The van der Waals surface area contributed by atoms with Gasteiger partial charge in [0, 0.05) is 24.9 Å². The molecule has 1 rings (SSSR count). The molecule has 1 unspecified atom stereocenters. The van der Waals surface area contributed by atoms with Gasteiger partial charge in [-0.1, -0.05) is 6.07 Å². The molecule has 14 heavy (non-hydrogen) atoms. The minimum absolute atomic E-state index is 0.211. The number of aliphatic hydroxyl groups is 1. The Morgan fingerprint density at radius 3 is 2.93 bits per heavy atom. The van der Waals surface area contributed by atoms with E-state index in [0.717, 1.165) is 31.6 Å². The number of pyridine rings is 1. The molecule has 1 aromatic heterocycles. The van der Waals surface area contributed by atoms with E-state index in [1.54, 1.807) is 6.92 Å². The summed E-state index contributed by atoms with van der Waals surface area (Å²) in [6.45, 7) is 3.59. The van der Waals surface area contributed by atoms with Crippen molar-refractivity contribution in [2.24, 2.45) is 0 Å². The molecular formula is C11H18N2O. The molecule has 0 aliphatic heterocycles. The molecule has 0 saturated carbocycles. The van der Waals surface area contributed by atoms with Crippen LogP contribution in [0.4, 0.5) is 0 Å². The first kappa shape index (κ1) is 11.1. The molecular weight excluding hydrogens is 176 g/mol. The Bertz CT molecular complexity index is 236. The average molecular weight is 194 g/mol. The highest BCUT2D eigenvalue weighted by atomic mass is 16.3. The Labute approximate surface area is 85.2 Å². The van der Waals surface area contributed by atoms with Crippen LogP contribution in [0.5, 0.6) is 0 Å². The minimum atomic E-state index is -0.211. The first-order valence-corrected chi connectivity index (χ1v) is 5.07. The molecule has 0 radical (unpaired) electrons. The molecule has 0 spiro atoms. The van der Waals surface area contributed by atoms with Crippen LogP contribution in [0.15, 0.2) is 24.4 Å². The fourth-order valence-corrected chi connectivity index (χ4v) is 1.20. The van der Waals surface area contributed by atoms with Crippen molar-refractivity contribution in [1.29, 1.82) is 0 Å². The number of hydrogen-bond acceptors (Lipinski definition) is 3. The SMILES string of the molecule is CC(O)CCNCCc1ccccn1. The summed E-state index contributed by atoms with van der Waals surface area (Å²) in [5.74, 6) is 0. The van der Waals surface area contributed by atoms with Crippen LogP contribution in [0.25, 0.3) is 0 Å². The molecule has 78 valence electrons. The monoisotopic (exact) mass is 194 g/mol. The third-order valence-corrected chi connectivity index (χ3v) is 2.02. The van der Waals surface area contributed by atoms with Gasteiger partial charge in [0.15, 0.2) is 0 Å². The van der Waals surface area contributed by atoms with E-state index in [1.165, 1.54) is 0 Å². The predicted octanol–water partition coefficient (Wildman–Crippen LogP) is 0.985. The zero-order chi connectivity index (χ0) is 10.2. The van der Waals surface area contributed by atoms with E-state index in [1.807, 2.05) is 24.4 Å². The number of nitrogens with zero attached hydrogens (tertiary/aromatic N) is 1. The average Bonchev–Trinajstić information content (AvgIpc) is 2.18. The molecule has 0 amide bonds. The smallest absolute Gasteiger partial charge is 0.0524 e. The summed E-state index contributed by atoms with van der Waals surface area (Å²) in [5.41, 5.74) is 1.11. The van der Waals surface area contributed by atoms with Gasteiger partial charge in [-0.25, -0.2) is 0 Å². The Morgan fingerprint density at radius 2 is 2.29 bits per heavy atom. The van der Waals surface area contributed by atoms with Crippen molar-refractivity contribution in [1.82, 2.24) is 10.3 Å². The fraction of sp³-hybridized carbons (Fsp3) is 0.545. The third-order valence-electron chi connectivity index (χ3n) is 2.02. The molecule has 1 heterocycles. The van der Waals surface area contributed by atoms with Gasteiger partial charge in [-0.05, 0) is 32.0 Å². The maximum Gasteiger partial charge on any atom is 0.0524 e. The van der Waals surface area contributed by atoms with Gasteiger partial charge in [0.25, 0.3) is 0 Å². The lowest BCUT2D eigenvalue weighted by molar-refractivity contribution is 0.184. The van der Waals surface area contributed by atoms with Crippen LogP contribution in [0.1, 0.15) is 19.0 Å². The summed E-state index contributed by atoms with van der Waals surface area (Å²) in [4.78, 5) is 4.22. The second-order valence-electron chi connectivity index (χ2n) is 3.46. The minimum Gasteiger partial charge on any atom is -0.393 e. The molecule has 3 heteroatoms. The maximum atomic E-state index is 9.02. The summed E-state index contributed by atoms with van der Waals surface area (Å²) in [7, 11) is 0. The Balaban J connectivity index is 2.05. The van der Waals surface area contributed by atoms with Gasteiger partial charge < -0.3 is 10.4 Å². The first-order valence-electron chi connectivity index (χ1n) is 5.07. The second kappa shape index (κ2) is 6.51. The van der Waals surface area contributed by atoms with Crippen LogP contribution >= 0.6 is 0 Å². The molecule has 0 fully saturated rings. The number of nitrogens with one attached hydrogen (secondary N) is 1. The first-order chi connectivity index (χ1) is 6.79. The summed E-state index contributed by atoms with van der Waals surface area (Å²) in [5, 5.41) is 12.3. The van der Waals surface area contributed by atoms with E-state index in [9.17, 15) is 0 Å². The largest absolute Gasteiger partial charge is 0.393 e. The van der Waals surface area contributed by atoms with E-state index in [2.05, 4.69) is 10.3 Å². The Hall–Kier alpha value is -0.930. The molecule has 0 saturated heterocycles. The molecule has 1 aromatic rings. The summed E-state index contributed by atoms with van der Waals surface area (Å²) in [6, 6.07) is 5.94. The van der Waals surface area contributed by atoms with E-state index in [0.29, 0.717) is 0 Å². The molecule has 0 bridgehead atoms. The van der Waals surface area contributed by atoms with Crippen molar-refractivity contribution < 1.29 is 5.11 Å². The second-order valence-corrected chi connectivity index (χ2v) is 3.46. The van der Waals surface area contributed by atoms with Crippen molar-refractivity contribution in [2.75, 3.05) is 13.1 Å². The van der Waals surface area contributed by atoms with Gasteiger partial charge in [-0.2, -0.15) is 0 Å².